The van der Waals surface area contributed by atoms with Gasteiger partial charge in [0.25, 0.3) is 0 Å². The Kier molecular flexibility index (Phi) is 7.28. The molecule has 0 spiro atoms. The van der Waals surface area contributed by atoms with Gasteiger partial charge in [-0.05, 0) is 41.7 Å². The molecular formula is C21H26OS. The summed E-state index contributed by atoms with van der Waals surface area (Å²) in [5, 5.41) is 0. The van der Waals surface area contributed by atoms with E-state index in [1.54, 1.807) is 0 Å². The van der Waals surface area contributed by atoms with Crippen molar-refractivity contribution in [2.24, 2.45) is 0 Å². The molecule has 2 aromatic rings. The van der Waals surface area contributed by atoms with Crippen molar-refractivity contribution in [3.8, 4) is 5.75 Å². The molecule has 2 aromatic carbocycles. The summed E-state index contributed by atoms with van der Waals surface area (Å²) in [4.78, 5) is 0. The lowest BCUT2D eigenvalue weighted by Crippen LogP contribution is -2.01. The van der Waals surface area contributed by atoms with E-state index in [1.807, 2.05) is 17.8 Å². The molecule has 0 atom stereocenters. The highest BCUT2D eigenvalue weighted by molar-refractivity contribution is 7.99. The lowest BCUT2D eigenvalue weighted by molar-refractivity contribution is 0.343. The van der Waals surface area contributed by atoms with Gasteiger partial charge in [-0.2, -0.15) is 11.8 Å². The van der Waals surface area contributed by atoms with E-state index in [-0.39, 0.29) is 0 Å². The van der Waals surface area contributed by atoms with Crippen molar-refractivity contribution in [2.75, 3.05) is 18.1 Å². The van der Waals surface area contributed by atoms with Crippen molar-refractivity contribution in [3.05, 3.63) is 71.3 Å². The van der Waals surface area contributed by atoms with Crippen LogP contribution in [0.4, 0.5) is 0 Å². The first-order chi connectivity index (χ1) is 11.2. The fourth-order valence-electron chi connectivity index (χ4n) is 2.50. The average molecular weight is 327 g/mol. The molecule has 0 amide bonds. The third-order valence-corrected chi connectivity index (χ3v) is 4.57. The quantitative estimate of drug-likeness (QED) is 0.555. The zero-order valence-electron chi connectivity index (χ0n) is 14.3. The lowest BCUT2D eigenvalue weighted by atomic mass is 9.98. The molecule has 0 heterocycles. The van der Waals surface area contributed by atoms with E-state index in [0.29, 0.717) is 5.92 Å². The Morgan fingerprint density at radius 3 is 2.57 bits per heavy atom. The van der Waals surface area contributed by atoms with E-state index < -0.39 is 0 Å². The number of hydrogen-bond donors (Lipinski definition) is 0. The first-order valence-electron chi connectivity index (χ1n) is 8.19. The van der Waals surface area contributed by atoms with Crippen molar-refractivity contribution in [1.82, 2.24) is 0 Å². The maximum atomic E-state index is 5.84. The summed E-state index contributed by atoms with van der Waals surface area (Å²) in [6.07, 6.45) is 4.38. The number of thioether (sulfide) groups is 1. The summed E-state index contributed by atoms with van der Waals surface area (Å²) in [5.74, 6) is 3.57. The van der Waals surface area contributed by atoms with Crippen LogP contribution in [0.2, 0.25) is 0 Å². The summed E-state index contributed by atoms with van der Waals surface area (Å²) in [6, 6.07) is 16.8. The molecule has 23 heavy (non-hydrogen) atoms. The Balaban J connectivity index is 1.66. The number of hydrogen-bond acceptors (Lipinski definition) is 2. The zero-order chi connectivity index (χ0) is 16.5. The van der Waals surface area contributed by atoms with Crippen molar-refractivity contribution in [1.29, 1.82) is 0 Å². The van der Waals surface area contributed by atoms with Crippen molar-refractivity contribution in [2.45, 2.75) is 26.7 Å². The first-order valence-corrected chi connectivity index (χ1v) is 9.35. The number of aryl methyl sites for hydroxylation is 1. The maximum Gasteiger partial charge on any atom is 0.119 e. The van der Waals surface area contributed by atoms with Gasteiger partial charge in [-0.25, -0.2) is 0 Å². The van der Waals surface area contributed by atoms with E-state index in [0.717, 1.165) is 23.9 Å². The summed E-state index contributed by atoms with van der Waals surface area (Å²) in [6.45, 7) is 7.36. The van der Waals surface area contributed by atoms with Crippen LogP contribution in [0.5, 0.6) is 5.75 Å². The molecule has 0 bridgehead atoms. The molecule has 2 heteroatoms. The van der Waals surface area contributed by atoms with Crippen LogP contribution in [0.1, 0.15) is 36.5 Å². The van der Waals surface area contributed by atoms with Gasteiger partial charge in [0.15, 0.2) is 0 Å². The third-order valence-electron chi connectivity index (χ3n) is 3.68. The Hall–Kier alpha value is -1.67. The van der Waals surface area contributed by atoms with E-state index in [4.69, 9.17) is 4.74 Å². The highest BCUT2D eigenvalue weighted by atomic mass is 32.2. The van der Waals surface area contributed by atoms with Crippen LogP contribution in [0, 0.1) is 6.92 Å². The normalized spacial score (nSPS) is 11.3. The number of rotatable bonds is 8. The fraction of sp³-hybridized carbons (Fsp3) is 0.333. The van der Waals surface area contributed by atoms with Crippen LogP contribution in [0.3, 0.4) is 0 Å². The number of benzene rings is 2. The first kappa shape index (κ1) is 17.7. The van der Waals surface area contributed by atoms with Crippen LogP contribution in [0.25, 0.3) is 6.08 Å². The van der Waals surface area contributed by atoms with E-state index in [1.165, 1.54) is 16.7 Å². The molecule has 1 nitrogen and oxygen atoms in total. The van der Waals surface area contributed by atoms with Gasteiger partial charge in [-0.3, -0.25) is 0 Å². The third kappa shape index (κ3) is 6.15. The second-order valence-corrected chi connectivity index (χ2v) is 7.06. The minimum atomic E-state index is 0.566. The molecule has 0 aliphatic heterocycles. The lowest BCUT2D eigenvalue weighted by Gasteiger charge is -2.12. The summed E-state index contributed by atoms with van der Waals surface area (Å²) in [7, 11) is 0. The minimum Gasteiger partial charge on any atom is -0.493 e. The van der Waals surface area contributed by atoms with Gasteiger partial charge in [0.1, 0.15) is 5.75 Å². The Morgan fingerprint density at radius 2 is 1.87 bits per heavy atom. The summed E-state index contributed by atoms with van der Waals surface area (Å²) >= 11 is 1.89. The molecule has 0 saturated heterocycles. The van der Waals surface area contributed by atoms with Crippen LogP contribution >= 0.6 is 11.8 Å². The molecule has 0 N–H and O–H groups in total. The van der Waals surface area contributed by atoms with Crippen LogP contribution in [-0.4, -0.2) is 18.1 Å². The van der Waals surface area contributed by atoms with E-state index in [9.17, 15) is 0 Å². The fourth-order valence-corrected chi connectivity index (χ4v) is 3.10. The smallest absolute Gasteiger partial charge is 0.119 e. The highest BCUT2D eigenvalue weighted by Crippen LogP contribution is 2.23. The van der Waals surface area contributed by atoms with Crippen LogP contribution < -0.4 is 4.74 Å². The van der Waals surface area contributed by atoms with Gasteiger partial charge >= 0.3 is 0 Å². The van der Waals surface area contributed by atoms with E-state index >= 15 is 0 Å². The summed E-state index contributed by atoms with van der Waals surface area (Å²) in [5.41, 5.74) is 3.97. The topological polar surface area (TPSA) is 9.23 Å². The minimum absolute atomic E-state index is 0.566. The molecule has 0 unspecified atom stereocenters. The molecule has 122 valence electrons. The zero-order valence-corrected chi connectivity index (χ0v) is 15.1. The number of ether oxygens (including phenoxy) is 1. The van der Waals surface area contributed by atoms with Crippen molar-refractivity contribution >= 4 is 17.8 Å². The van der Waals surface area contributed by atoms with Crippen LogP contribution in [0.15, 0.2) is 54.6 Å². The monoisotopic (exact) mass is 326 g/mol. The predicted molar refractivity (Wildman–Crippen MR) is 104 cm³/mol. The molecule has 0 aliphatic rings. The molecule has 2 rings (SSSR count). The van der Waals surface area contributed by atoms with Gasteiger partial charge in [-0.15, -0.1) is 0 Å². The van der Waals surface area contributed by atoms with Crippen LogP contribution in [-0.2, 0) is 0 Å². The molecule has 0 fully saturated rings. The standard InChI is InChI=1S/C21H26OS/c1-17(2)21-12-11-20(16-18(21)3)22-13-15-23-14-7-10-19-8-5-4-6-9-19/h4-12,16-17H,13-15H2,1-3H3/b10-7+. The molecular weight excluding hydrogens is 300 g/mol. The van der Waals surface area contributed by atoms with Gasteiger partial charge in [0.2, 0.25) is 0 Å². The van der Waals surface area contributed by atoms with Crippen molar-refractivity contribution < 1.29 is 4.74 Å². The Bertz CT molecular complexity index is 617. The SMILES string of the molecule is Cc1cc(OCCSC/C=C/c2ccccc2)ccc1C(C)C. The Labute approximate surface area is 144 Å². The second kappa shape index (κ2) is 9.46. The Morgan fingerprint density at radius 1 is 1.09 bits per heavy atom. The van der Waals surface area contributed by atoms with E-state index in [2.05, 4.69) is 75.4 Å². The molecule has 0 aromatic heterocycles. The molecule has 0 saturated carbocycles. The second-order valence-electron chi connectivity index (χ2n) is 5.91. The van der Waals surface area contributed by atoms with Gasteiger partial charge in [-0.1, -0.05) is 62.4 Å². The largest absolute Gasteiger partial charge is 0.493 e. The van der Waals surface area contributed by atoms with Gasteiger partial charge < -0.3 is 4.74 Å². The average Bonchev–Trinajstić information content (AvgIpc) is 2.54. The highest BCUT2D eigenvalue weighted by Gasteiger charge is 2.04. The van der Waals surface area contributed by atoms with Gasteiger partial charge in [0.05, 0.1) is 6.61 Å². The van der Waals surface area contributed by atoms with Crippen molar-refractivity contribution in [3.63, 3.8) is 0 Å². The van der Waals surface area contributed by atoms with Gasteiger partial charge in [0, 0.05) is 11.5 Å². The maximum absolute atomic E-state index is 5.84. The summed E-state index contributed by atoms with van der Waals surface area (Å²) < 4.78 is 5.84. The molecule has 0 aliphatic carbocycles. The molecule has 0 radical (unpaired) electrons. The predicted octanol–water partition coefficient (Wildman–Crippen LogP) is 5.94.